The Labute approximate surface area is 338 Å². The number of amides is 2. The number of anilines is 1. The van der Waals surface area contributed by atoms with Gasteiger partial charge >= 0.3 is 11.9 Å². The summed E-state index contributed by atoms with van der Waals surface area (Å²) in [5.41, 5.74) is 2.53. The van der Waals surface area contributed by atoms with Crippen LogP contribution in [0.2, 0.25) is 0 Å². The molecule has 58 heavy (non-hydrogen) atoms. The molecule has 0 aromatic heterocycles. The van der Waals surface area contributed by atoms with Gasteiger partial charge in [0.05, 0.1) is 50.8 Å². The van der Waals surface area contributed by atoms with Gasteiger partial charge in [-0.2, -0.15) is 0 Å². The van der Waals surface area contributed by atoms with E-state index in [0.717, 1.165) is 19.3 Å². The van der Waals surface area contributed by atoms with Crippen molar-refractivity contribution in [3.63, 3.8) is 0 Å². The van der Waals surface area contributed by atoms with Crippen LogP contribution in [0.5, 0.6) is 11.5 Å². The van der Waals surface area contributed by atoms with Crippen molar-refractivity contribution in [1.29, 1.82) is 0 Å². The highest BCUT2D eigenvalue weighted by Gasteiger charge is 2.48. The first-order valence-electron chi connectivity index (χ1n) is 19.9. The van der Waals surface area contributed by atoms with Crippen molar-refractivity contribution in [2.24, 2.45) is 5.92 Å². The zero-order chi connectivity index (χ0) is 41.0. The highest BCUT2D eigenvalue weighted by Crippen LogP contribution is 2.43. The highest BCUT2D eigenvalue weighted by atomic mass is 16.5. The Kier molecular flexibility index (Phi) is 14.3. The third-order valence-electron chi connectivity index (χ3n) is 10.6. The number of methoxy groups -OCH3 is 1. The van der Waals surface area contributed by atoms with E-state index in [2.05, 4.69) is 5.32 Å². The molecule has 1 heterocycles. The number of aliphatic hydroxyl groups is 1. The highest BCUT2D eigenvalue weighted by molar-refractivity contribution is 6.09. The fourth-order valence-electron chi connectivity index (χ4n) is 7.64. The van der Waals surface area contributed by atoms with E-state index in [0.29, 0.717) is 58.7 Å². The molecule has 12 nitrogen and oxygen atoms in total. The molecule has 4 aromatic carbocycles. The number of carbonyl (C=O) groups is 5. The molecule has 6 rings (SSSR count). The Morgan fingerprint density at radius 1 is 0.810 bits per heavy atom. The van der Waals surface area contributed by atoms with Gasteiger partial charge in [-0.3, -0.25) is 19.2 Å². The minimum absolute atomic E-state index is 0.0752. The quantitative estimate of drug-likeness (QED) is 0.0724. The second-order valence-electron chi connectivity index (χ2n) is 14.5. The van der Waals surface area contributed by atoms with Crippen LogP contribution in [0, 0.1) is 5.92 Å². The fourth-order valence-corrected chi connectivity index (χ4v) is 7.64. The van der Waals surface area contributed by atoms with Crippen LogP contribution in [0.15, 0.2) is 97.1 Å². The molecule has 1 aliphatic carbocycles. The molecular formula is C46H50N2O10. The monoisotopic (exact) mass is 790 g/mol. The molecule has 1 aliphatic heterocycles. The van der Waals surface area contributed by atoms with E-state index >= 15 is 0 Å². The SMILES string of the molecule is CCOC(=O)C[C@H]1[C@H](OC(=O)c2ccc(C(=O)c3ccccc3)cc2)[C@@H](NC(=O)C2CCCCC2)c2cc(OCCCO)ccc2N1C(=O)Cc1ccc(OC)cc1. The van der Waals surface area contributed by atoms with Crippen molar-refractivity contribution in [3.8, 4) is 11.5 Å². The van der Waals surface area contributed by atoms with Crippen LogP contribution in [0.25, 0.3) is 0 Å². The number of nitrogens with zero attached hydrogens (tertiary/aromatic N) is 1. The number of carbonyl (C=O) groups excluding carboxylic acids is 5. The second kappa shape index (κ2) is 19.9. The summed E-state index contributed by atoms with van der Waals surface area (Å²) < 4.78 is 23.1. The van der Waals surface area contributed by atoms with Gasteiger partial charge in [-0.25, -0.2) is 4.79 Å². The predicted octanol–water partition coefficient (Wildman–Crippen LogP) is 6.56. The van der Waals surface area contributed by atoms with Crippen LogP contribution in [-0.4, -0.2) is 73.7 Å². The molecule has 0 saturated heterocycles. The van der Waals surface area contributed by atoms with E-state index in [1.54, 1.807) is 92.9 Å². The third kappa shape index (κ3) is 10.1. The van der Waals surface area contributed by atoms with Crippen LogP contribution in [0.4, 0.5) is 5.69 Å². The molecule has 2 amide bonds. The maximum absolute atomic E-state index is 14.6. The lowest BCUT2D eigenvalue weighted by Gasteiger charge is -2.46. The Morgan fingerprint density at radius 2 is 1.48 bits per heavy atom. The topological polar surface area (TPSA) is 158 Å². The van der Waals surface area contributed by atoms with E-state index in [1.165, 1.54) is 17.0 Å². The van der Waals surface area contributed by atoms with Gasteiger partial charge in [0.2, 0.25) is 11.8 Å². The molecule has 0 spiro atoms. The van der Waals surface area contributed by atoms with E-state index in [1.807, 2.05) is 6.07 Å². The lowest BCUT2D eigenvalue weighted by atomic mass is 9.84. The van der Waals surface area contributed by atoms with E-state index < -0.39 is 36.0 Å². The minimum Gasteiger partial charge on any atom is -0.497 e. The van der Waals surface area contributed by atoms with Crippen LogP contribution in [0.3, 0.4) is 0 Å². The van der Waals surface area contributed by atoms with E-state index in [9.17, 15) is 29.1 Å². The van der Waals surface area contributed by atoms with Crippen molar-refractivity contribution < 1.29 is 48.0 Å². The fraction of sp³-hybridized carbons (Fsp3) is 0.370. The van der Waals surface area contributed by atoms with Gasteiger partial charge < -0.3 is 34.3 Å². The molecule has 1 fully saturated rings. The minimum atomic E-state index is -1.28. The summed E-state index contributed by atoms with van der Waals surface area (Å²) in [5.74, 6) is -1.47. The van der Waals surface area contributed by atoms with Crippen molar-refractivity contribution in [3.05, 3.63) is 125 Å². The van der Waals surface area contributed by atoms with E-state index in [4.69, 9.17) is 18.9 Å². The molecule has 304 valence electrons. The summed E-state index contributed by atoms with van der Waals surface area (Å²) in [6.07, 6.45) is 2.92. The Balaban J connectivity index is 1.43. The maximum atomic E-state index is 14.6. The standard InChI is InChI=1S/C46H50N2O10/c1-3-56-41(51)29-39-44(58-46(54)34-19-17-32(18-20-34)43(52)31-11-6-4-7-12-31)42(47-45(53)33-13-8-5-9-14-33)37-28-36(57-26-10-25-49)23-24-38(37)48(39)40(50)27-30-15-21-35(55-2)22-16-30/h4,6-7,11-12,15-24,28,33,39,42,44,49H,3,5,8-10,13-14,25-27,29H2,1-2H3,(H,47,53)/t39-,42-,44-/m0/s1. The lowest BCUT2D eigenvalue weighted by Crippen LogP contribution is -2.59. The van der Waals surface area contributed by atoms with Crippen LogP contribution >= 0.6 is 0 Å². The van der Waals surface area contributed by atoms with Crippen molar-refractivity contribution >= 4 is 35.2 Å². The second-order valence-corrected chi connectivity index (χ2v) is 14.5. The summed E-state index contributed by atoms with van der Waals surface area (Å²) in [7, 11) is 1.55. The van der Waals surface area contributed by atoms with Gasteiger partial charge in [-0.15, -0.1) is 0 Å². The molecule has 2 N–H and O–H groups in total. The first-order chi connectivity index (χ1) is 28.2. The van der Waals surface area contributed by atoms with Crippen molar-refractivity contribution in [2.75, 3.05) is 31.8 Å². The Hall–Kier alpha value is -6.01. The zero-order valence-corrected chi connectivity index (χ0v) is 32.9. The third-order valence-corrected chi connectivity index (χ3v) is 10.6. The normalized spacial score (nSPS) is 17.7. The number of fused-ring (bicyclic) bond motifs is 1. The maximum Gasteiger partial charge on any atom is 0.338 e. The molecule has 0 radical (unpaired) electrons. The number of nitrogens with one attached hydrogen (secondary N) is 1. The first-order valence-corrected chi connectivity index (χ1v) is 19.9. The number of hydrogen-bond acceptors (Lipinski definition) is 10. The van der Waals surface area contributed by atoms with Gasteiger partial charge in [0, 0.05) is 41.3 Å². The Morgan fingerprint density at radius 3 is 2.16 bits per heavy atom. The average Bonchev–Trinajstić information content (AvgIpc) is 3.25. The average molecular weight is 791 g/mol. The zero-order valence-electron chi connectivity index (χ0n) is 32.9. The van der Waals surface area contributed by atoms with Crippen molar-refractivity contribution in [2.45, 2.75) is 76.5 Å². The first kappa shape index (κ1) is 41.6. The van der Waals surface area contributed by atoms with Crippen molar-refractivity contribution in [1.82, 2.24) is 5.32 Å². The molecule has 2 aliphatic rings. The molecule has 0 unspecified atom stereocenters. The largest absolute Gasteiger partial charge is 0.497 e. The summed E-state index contributed by atoms with van der Waals surface area (Å²) in [4.78, 5) is 71.0. The number of hydrogen-bond donors (Lipinski definition) is 2. The number of aliphatic hydroxyl groups excluding tert-OH is 1. The number of ether oxygens (including phenoxy) is 4. The molecule has 3 atom stereocenters. The van der Waals surface area contributed by atoms with Crippen LogP contribution in [-0.2, 0) is 30.3 Å². The predicted molar refractivity (Wildman–Crippen MR) is 216 cm³/mol. The van der Waals surface area contributed by atoms with Gasteiger partial charge in [-0.05, 0) is 67.8 Å². The Bertz CT molecular complexity index is 2050. The lowest BCUT2D eigenvalue weighted by molar-refractivity contribution is -0.144. The molecule has 12 heteroatoms. The van der Waals surface area contributed by atoms with Crippen LogP contribution < -0.4 is 19.7 Å². The summed E-state index contributed by atoms with van der Waals surface area (Å²) in [5, 5.41) is 12.6. The van der Waals surface area contributed by atoms with Gasteiger partial charge in [0.25, 0.3) is 0 Å². The summed E-state index contributed by atoms with van der Waals surface area (Å²) >= 11 is 0. The smallest absolute Gasteiger partial charge is 0.338 e. The van der Waals surface area contributed by atoms with E-state index in [-0.39, 0.29) is 55.8 Å². The number of benzene rings is 4. The van der Waals surface area contributed by atoms with Gasteiger partial charge in [-0.1, -0.05) is 73.9 Å². The molecular weight excluding hydrogens is 741 g/mol. The van der Waals surface area contributed by atoms with Gasteiger partial charge in [0.15, 0.2) is 5.78 Å². The molecule has 1 saturated carbocycles. The molecule has 4 aromatic rings. The summed E-state index contributed by atoms with van der Waals surface area (Å²) in [6, 6.07) is 24.9. The number of rotatable bonds is 16. The number of ketones is 1. The van der Waals surface area contributed by atoms with Gasteiger partial charge in [0.1, 0.15) is 17.6 Å². The molecule has 0 bridgehead atoms. The number of esters is 2. The van der Waals surface area contributed by atoms with Crippen LogP contribution in [0.1, 0.15) is 95.3 Å². The summed E-state index contributed by atoms with van der Waals surface area (Å²) in [6.45, 7) is 1.89.